The van der Waals surface area contributed by atoms with E-state index in [1.165, 1.54) is 23.3 Å². The Balaban J connectivity index is 1.90. The number of hydrogen-bond donors (Lipinski definition) is 1. The molecule has 0 radical (unpaired) electrons. The zero-order valence-electron chi connectivity index (χ0n) is 14.8. The van der Waals surface area contributed by atoms with Crippen molar-refractivity contribution in [2.75, 3.05) is 19.0 Å². The second-order valence-electron chi connectivity index (χ2n) is 6.66. The largest absolute Gasteiger partial charge is 0.494 e. The maximum absolute atomic E-state index is 13.1. The van der Waals surface area contributed by atoms with E-state index in [-0.39, 0.29) is 5.82 Å². The van der Waals surface area contributed by atoms with Gasteiger partial charge in [0, 0.05) is 6.54 Å². The van der Waals surface area contributed by atoms with Crippen LogP contribution in [0.5, 0.6) is 5.75 Å². The van der Waals surface area contributed by atoms with E-state index in [1.54, 1.807) is 7.11 Å². The highest BCUT2D eigenvalue weighted by molar-refractivity contribution is 5.86. The molecule has 0 aromatic heterocycles. The van der Waals surface area contributed by atoms with E-state index >= 15 is 0 Å². The molecule has 2 aromatic carbocycles. The van der Waals surface area contributed by atoms with Crippen molar-refractivity contribution in [1.29, 1.82) is 0 Å². The average molecular weight is 341 g/mol. The van der Waals surface area contributed by atoms with Gasteiger partial charge in [0.25, 0.3) is 0 Å². The van der Waals surface area contributed by atoms with Crippen LogP contribution in [0.25, 0.3) is 0 Å². The molecule has 1 unspecified atom stereocenters. The van der Waals surface area contributed by atoms with Crippen LogP contribution >= 0.6 is 0 Å². The first kappa shape index (κ1) is 17.5. The van der Waals surface area contributed by atoms with Gasteiger partial charge in [-0.05, 0) is 60.1 Å². The summed E-state index contributed by atoms with van der Waals surface area (Å²) in [7, 11) is 1.61. The molecule has 0 bridgehead atoms. The molecule has 3 nitrogen and oxygen atoms in total. The number of aldehydes is 1. The van der Waals surface area contributed by atoms with Gasteiger partial charge in [0.15, 0.2) is 12.0 Å². The predicted molar refractivity (Wildman–Crippen MR) is 98.2 cm³/mol. The van der Waals surface area contributed by atoms with Crippen LogP contribution in [0.4, 0.5) is 10.1 Å². The van der Waals surface area contributed by atoms with Crippen molar-refractivity contribution >= 4 is 12.0 Å². The lowest BCUT2D eigenvalue weighted by atomic mass is 9.84. The van der Waals surface area contributed by atoms with Gasteiger partial charge in [-0.15, -0.1) is 0 Å². The number of halogens is 1. The molecule has 1 heterocycles. The number of rotatable bonds is 6. The van der Waals surface area contributed by atoms with Crippen LogP contribution in [-0.2, 0) is 19.3 Å². The Morgan fingerprint density at radius 3 is 2.72 bits per heavy atom. The van der Waals surface area contributed by atoms with Gasteiger partial charge in [-0.1, -0.05) is 25.5 Å². The summed E-state index contributed by atoms with van der Waals surface area (Å²) in [5.41, 5.74) is 5.18. The Labute approximate surface area is 148 Å². The molecule has 3 rings (SSSR count). The molecule has 0 fully saturated rings. The van der Waals surface area contributed by atoms with Crippen molar-refractivity contribution in [3.63, 3.8) is 0 Å². The highest BCUT2D eigenvalue weighted by Gasteiger charge is 2.25. The van der Waals surface area contributed by atoms with Gasteiger partial charge in [-0.3, -0.25) is 4.79 Å². The lowest BCUT2D eigenvalue weighted by molar-refractivity contribution is 0.112. The normalized spacial score (nSPS) is 16.0. The summed E-state index contributed by atoms with van der Waals surface area (Å²) in [5, 5.41) is 3.48. The third-order valence-electron chi connectivity index (χ3n) is 4.86. The van der Waals surface area contributed by atoms with E-state index in [1.807, 2.05) is 18.2 Å². The van der Waals surface area contributed by atoms with Crippen LogP contribution in [0, 0.1) is 11.7 Å². The topological polar surface area (TPSA) is 38.3 Å². The lowest BCUT2D eigenvalue weighted by Gasteiger charge is -2.30. The van der Waals surface area contributed by atoms with Gasteiger partial charge in [-0.25, -0.2) is 4.39 Å². The average Bonchev–Trinajstić information content (AvgIpc) is 2.63. The molecule has 0 aliphatic carbocycles. The zero-order chi connectivity index (χ0) is 17.8. The molecular weight excluding hydrogens is 317 g/mol. The SMILES string of the molecule is CCCc1cc(C=O)c(OC)c2c1CC(Cc1ccc(F)cc1)CN2. The van der Waals surface area contributed by atoms with Crippen molar-refractivity contribution in [2.45, 2.75) is 32.6 Å². The number of ether oxygens (including phenoxy) is 1. The summed E-state index contributed by atoms with van der Waals surface area (Å²) in [4.78, 5) is 11.4. The molecule has 25 heavy (non-hydrogen) atoms. The number of carbonyl (C=O) groups is 1. The fourth-order valence-corrected chi connectivity index (χ4v) is 3.71. The minimum absolute atomic E-state index is 0.202. The molecule has 132 valence electrons. The third-order valence-corrected chi connectivity index (χ3v) is 4.86. The molecule has 4 heteroatoms. The van der Waals surface area contributed by atoms with Crippen molar-refractivity contribution < 1.29 is 13.9 Å². The van der Waals surface area contributed by atoms with Crippen molar-refractivity contribution in [2.24, 2.45) is 5.92 Å². The first-order chi connectivity index (χ1) is 12.2. The van der Waals surface area contributed by atoms with Crippen LogP contribution in [0.15, 0.2) is 30.3 Å². The highest BCUT2D eigenvalue weighted by atomic mass is 19.1. The fourth-order valence-electron chi connectivity index (χ4n) is 3.71. The van der Waals surface area contributed by atoms with E-state index < -0.39 is 0 Å². The van der Waals surface area contributed by atoms with Crippen LogP contribution in [0.3, 0.4) is 0 Å². The monoisotopic (exact) mass is 341 g/mol. The second-order valence-corrected chi connectivity index (χ2v) is 6.66. The summed E-state index contributed by atoms with van der Waals surface area (Å²) in [6, 6.07) is 8.71. The van der Waals surface area contributed by atoms with Crippen LogP contribution in [0.1, 0.15) is 40.4 Å². The first-order valence-electron chi connectivity index (χ1n) is 8.82. The Morgan fingerprint density at radius 1 is 1.32 bits per heavy atom. The number of fused-ring (bicyclic) bond motifs is 1. The van der Waals surface area contributed by atoms with Gasteiger partial charge in [0.05, 0.1) is 18.4 Å². The number of nitrogens with one attached hydrogen (secondary N) is 1. The Bertz CT molecular complexity index is 755. The van der Waals surface area contributed by atoms with Gasteiger partial charge >= 0.3 is 0 Å². The summed E-state index contributed by atoms with van der Waals surface area (Å²) < 4.78 is 18.6. The van der Waals surface area contributed by atoms with Crippen molar-refractivity contribution in [3.8, 4) is 5.75 Å². The molecule has 1 atom stereocenters. The van der Waals surface area contributed by atoms with Gasteiger partial charge in [0.1, 0.15) is 5.82 Å². The Morgan fingerprint density at radius 2 is 2.08 bits per heavy atom. The molecule has 1 N–H and O–H groups in total. The first-order valence-corrected chi connectivity index (χ1v) is 8.82. The Kier molecular flexibility index (Phi) is 5.37. The van der Waals surface area contributed by atoms with E-state index in [0.717, 1.165) is 49.8 Å². The summed E-state index contributed by atoms with van der Waals surface area (Å²) in [5.74, 6) is 0.873. The van der Waals surface area contributed by atoms with Crippen molar-refractivity contribution in [3.05, 3.63) is 58.4 Å². The maximum atomic E-state index is 13.1. The van der Waals surface area contributed by atoms with E-state index in [0.29, 0.717) is 17.2 Å². The maximum Gasteiger partial charge on any atom is 0.153 e. The molecular formula is C21H24FNO2. The third kappa shape index (κ3) is 3.68. The van der Waals surface area contributed by atoms with E-state index in [2.05, 4.69) is 12.2 Å². The Hall–Kier alpha value is -2.36. The molecule has 0 saturated heterocycles. The van der Waals surface area contributed by atoms with Gasteiger partial charge in [0.2, 0.25) is 0 Å². The number of methoxy groups -OCH3 is 1. The number of aryl methyl sites for hydroxylation is 1. The van der Waals surface area contributed by atoms with Crippen LogP contribution < -0.4 is 10.1 Å². The molecule has 0 spiro atoms. The van der Waals surface area contributed by atoms with Crippen LogP contribution in [-0.4, -0.2) is 19.9 Å². The fraction of sp³-hybridized carbons (Fsp3) is 0.381. The number of carbonyl (C=O) groups excluding carboxylic acids is 1. The predicted octanol–water partition coefficient (Wildman–Crippen LogP) is 4.43. The van der Waals surface area contributed by atoms with E-state index in [9.17, 15) is 9.18 Å². The summed E-state index contributed by atoms with van der Waals surface area (Å²) >= 11 is 0. The lowest BCUT2D eigenvalue weighted by Crippen LogP contribution is -2.26. The number of hydrogen-bond acceptors (Lipinski definition) is 3. The van der Waals surface area contributed by atoms with Crippen LogP contribution in [0.2, 0.25) is 0 Å². The quantitative estimate of drug-likeness (QED) is 0.790. The number of benzene rings is 2. The van der Waals surface area contributed by atoms with E-state index in [4.69, 9.17) is 4.74 Å². The van der Waals surface area contributed by atoms with Crippen molar-refractivity contribution in [1.82, 2.24) is 0 Å². The molecule has 0 amide bonds. The smallest absolute Gasteiger partial charge is 0.153 e. The molecule has 0 saturated carbocycles. The standard InChI is InChI=1S/C21H24FNO2/c1-3-4-16-11-17(13-24)21(25-2)20-19(16)10-15(12-23-20)9-14-5-7-18(22)8-6-14/h5-8,11,13,15,23H,3-4,9-10,12H2,1-2H3. The molecule has 1 aliphatic heterocycles. The zero-order valence-corrected chi connectivity index (χ0v) is 14.8. The second kappa shape index (κ2) is 7.68. The molecule has 2 aromatic rings. The summed E-state index contributed by atoms with van der Waals surface area (Å²) in [6.07, 6.45) is 4.67. The molecule has 1 aliphatic rings. The minimum atomic E-state index is -0.202. The number of anilines is 1. The minimum Gasteiger partial charge on any atom is -0.494 e. The highest BCUT2D eigenvalue weighted by Crippen LogP contribution is 2.39. The van der Waals surface area contributed by atoms with Gasteiger partial charge < -0.3 is 10.1 Å². The summed E-state index contributed by atoms with van der Waals surface area (Å²) in [6.45, 7) is 2.96. The van der Waals surface area contributed by atoms with Gasteiger partial charge in [-0.2, -0.15) is 0 Å².